The van der Waals surface area contributed by atoms with E-state index in [1.807, 2.05) is 16.7 Å². The van der Waals surface area contributed by atoms with Gasteiger partial charge < -0.3 is 14.3 Å². The standard InChI is InChI=1S/C18H24N2O2/c1-13(2)11-20-17-5-4-16(9-15(17)3-6-18(20)21)19-10-14-7-8-22-12-14/h3,6-8,12-13,16,19H,4-5,9-11H2,1-2H3/t16-/m0/s1. The zero-order valence-corrected chi connectivity index (χ0v) is 13.3. The summed E-state index contributed by atoms with van der Waals surface area (Å²) in [5, 5.41) is 3.59. The zero-order chi connectivity index (χ0) is 15.5. The molecule has 3 rings (SSSR count). The summed E-state index contributed by atoms with van der Waals surface area (Å²) in [6.07, 6.45) is 6.53. The molecule has 1 atom stereocenters. The van der Waals surface area contributed by atoms with Crippen LogP contribution in [-0.2, 0) is 25.9 Å². The van der Waals surface area contributed by atoms with E-state index in [-0.39, 0.29) is 5.56 Å². The first-order valence-electron chi connectivity index (χ1n) is 8.09. The Morgan fingerprint density at radius 1 is 1.36 bits per heavy atom. The number of furan rings is 1. The lowest BCUT2D eigenvalue weighted by Gasteiger charge is -2.28. The van der Waals surface area contributed by atoms with E-state index in [9.17, 15) is 4.79 Å². The van der Waals surface area contributed by atoms with E-state index in [0.717, 1.165) is 32.4 Å². The molecule has 0 aliphatic heterocycles. The Labute approximate surface area is 131 Å². The molecule has 0 spiro atoms. The molecule has 4 nitrogen and oxygen atoms in total. The Hall–Kier alpha value is -1.81. The van der Waals surface area contributed by atoms with Gasteiger partial charge in [0.15, 0.2) is 0 Å². The molecule has 4 heteroatoms. The van der Waals surface area contributed by atoms with Gasteiger partial charge in [-0.1, -0.05) is 19.9 Å². The molecule has 0 saturated carbocycles. The number of rotatable bonds is 5. The lowest BCUT2D eigenvalue weighted by atomic mass is 9.91. The summed E-state index contributed by atoms with van der Waals surface area (Å²) in [5.41, 5.74) is 3.87. The Balaban J connectivity index is 1.72. The topological polar surface area (TPSA) is 47.2 Å². The molecule has 0 radical (unpaired) electrons. The normalized spacial score (nSPS) is 17.7. The van der Waals surface area contributed by atoms with Gasteiger partial charge in [0.1, 0.15) is 0 Å². The molecular formula is C18H24N2O2. The van der Waals surface area contributed by atoms with Crippen LogP contribution in [0, 0.1) is 5.92 Å². The molecule has 0 unspecified atom stereocenters. The van der Waals surface area contributed by atoms with Gasteiger partial charge in [0, 0.05) is 36.5 Å². The van der Waals surface area contributed by atoms with Crippen LogP contribution in [0.25, 0.3) is 0 Å². The van der Waals surface area contributed by atoms with Crippen molar-refractivity contribution in [3.8, 4) is 0 Å². The van der Waals surface area contributed by atoms with Crippen molar-refractivity contribution in [2.75, 3.05) is 0 Å². The van der Waals surface area contributed by atoms with E-state index in [1.54, 1.807) is 18.6 Å². The van der Waals surface area contributed by atoms with Crippen molar-refractivity contribution >= 4 is 0 Å². The van der Waals surface area contributed by atoms with Crippen molar-refractivity contribution in [3.63, 3.8) is 0 Å². The van der Waals surface area contributed by atoms with E-state index < -0.39 is 0 Å². The van der Waals surface area contributed by atoms with Gasteiger partial charge in [-0.2, -0.15) is 0 Å². The maximum Gasteiger partial charge on any atom is 0.250 e. The van der Waals surface area contributed by atoms with Gasteiger partial charge >= 0.3 is 0 Å². The van der Waals surface area contributed by atoms with Gasteiger partial charge in [-0.15, -0.1) is 0 Å². The summed E-state index contributed by atoms with van der Waals surface area (Å²) in [7, 11) is 0. The Morgan fingerprint density at radius 2 is 2.23 bits per heavy atom. The molecule has 0 fully saturated rings. The highest BCUT2D eigenvalue weighted by Crippen LogP contribution is 2.21. The van der Waals surface area contributed by atoms with Gasteiger partial charge in [0.25, 0.3) is 5.56 Å². The van der Waals surface area contributed by atoms with E-state index in [0.29, 0.717) is 12.0 Å². The van der Waals surface area contributed by atoms with Crippen LogP contribution in [0.15, 0.2) is 39.9 Å². The molecule has 118 valence electrons. The molecular weight excluding hydrogens is 276 g/mol. The van der Waals surface area contributed by atoms with Gasteiger partial charge in [-0.3, -0.25) is 4.79 Å². The highest BCUT2D eigenvalue weighted by molar-refractivity contribution is 5.25. The fraction of sp³-hybridized carbons (Fsp3) is 0.500. The Morgan fingerprint density at radius 3 is 2.95 bits per heavy atom. The minimum Gasteiger partial charge on any atom is -0.472 e. The highest BCUT2D eigenvalue weighted by Gasteiger charge is 2.21. The maximum absolute atomic E-state index is 12.1. The van der Waals surface area contributed by atoms with Crippen LogP contribution >= 0.6 is 0 Å². The summed E-state index contributed by atoms with van der Waals surface area (Å²) in [6.45, 7) is 5.96. The zero-order valence-electron chi connectivity index (χ0n) is 13.3. The smallest absolute Gasteiger partial charge is 0.250 e. The van der Waals surface area contributed by atoms with Crippen LogP contribution in [0.1, 0.15) is 37.1 Å². The number of nitrogens with one attached hydrogen (secondary N) is 1. The van der Waals surface area contributed by atoms with Crippen LogP contribution in [0.2, 0.25) is 0 Å². The molecule has 22 heavy (non-hydrogen) atoms. The van der Waals surface area contributed by atoms with Crippen molar-refractivity contribution in [2.45, 2.75) is 52.2 Å². The average Bonchev–Trinajstić information content (AvgIpc) is 3.01. The van der Waals surface area contributed by atoms with Crippen molar-refractivity contribution in [1.29, 1.82) is 0 Å². The molecule has 0 bridgehead atoms. The molecule has 2 heterocycles. The quantitative estimate of drug-likeness (QED) is 0.923. The van der Waals surface area contributed by atoms with Gasteiger partial charge in [0.2, 0.25) is 0 Å². The fourth-order valence-electron chi connectivity index (χ4n) is 3.22. The molecule has 1 aliphatic carbocycles. The van der Waals surface area contributed by atoms with E-state index in [2.05, 4.69) is 19.2 Å². The third kappa shape index (κ3) is 3.33. The third-order valence-corrected chi connectivity index (χ3v) is 4.31. The number of hydrogen-bond acceptors (Lipinski definition) is 3. The number of fused-ring (bicyclic) bond motifs is 1. The lowest BCUT2D eigenvalue weighted by molar-refractivity contribution is 0.424. The van der Waals surface area contributed by atoms with Gasteiger partial charge in [0.05, 0.1) is 12.5 Å². The second kappa shape index (κ2) is 6.53. The SMILES string of the molecule is CC(C)Cn1c2c(ccc1=O)C[C@@H](NCc1ccoc1)CC2. The molecule has 2 aromatic heterocycles. The van der Waals surface area contributed by atoms with Crippen molar-refractivity contribution in [3.05, 3.63) is 57.9 Å². The van der Waals surface area contributed by atoms with E-state index in [4.69, 9.17) is 4.42 Å². The Bertz CT molecular complexity index is 671. The predicted octanol–water partition coefficient (Wildman–Crippen LogP) is 2.74. The molecule has 2 aromatic rings. The number of aromatic nitrogens is 1. The first kappa shape index (κ1) is 15.1. The largest absolute Gasteiger partial charge is 0.472 e. The van der Waals surface area contributed by atoms with Gasteiger partial charge in [-0.05, 0) is 36.8 Å². The second-order valence-corrected chi connectivity index (χ2v) is 6.60. The number of nitrogens with zero attached hydrogens (tertiary/aromatic N) is 1. The van der Waals surface area contributed by atoms with E-state index in [1.165, 1.54) is 16.8 Å². The number of hydrogen-bond donors (Lipinski definition) is 1. The van der Waals surface area contributed by atoms with Gasteiger partial charge in [-0.25, -0.2) is 0 Å². The predicted molar refractivity (Wildman–Crippen MR) is 86.9 cm³/mol. The van der Waals surface area contributed by atoms with Crippen LogP contribution in [0.3, 0.4) is 0 Å². The first-order chi connectivity index (χ1) is 10.6. The molecule has 1 N–H and O–H groups in total. The molecule has 0 amide bonds. The summed E-state index contributed by atoms with van der Waals surface area (Å²) < 4.78 is 7.08. The fourth-order valence-corrected chi connectivity index (χ4v) is 3.22. The van der Waals surface area contributed by atoms with E-state index >= 15 is 0 Å². The summed E-state index contributed by atoms with van der Waals surface area (Å²) in [5.74, 6) is 0.487. The highest BCUT2D eigenvalue weighted by atomic mass is 16.3. The minimum absolute atomic E-state index is 0.136. The summed E-state index contributed by atoms with van der Waals surface area (Å²) in [6, 6.07) is 6.19. The third-order valence-electron chi connectivity index (χ3n) is 4.31. The molecule has 1 aliphatic rings. The monoisotopic (exact) mass is 300 g/mol. The minimum atomic E-state index is 0.136. The molecule has 0 aromatic carbocycles. The van der Waals surface area contributed by atoms with Crippen molar-refractivity contribution < 1.29 is 4.42 Å². The van der Waals surface area contributed by atoms with Crippen LogP contribution in [0.4, 0.5) is 0 Å². The Kier molecular flexibility index (Phi) is 4.48. The lowest BCUT2D eigenvalue weighted by Crippen LogP contribution is -2.37. The van der Waals surface area contributed by atoms with Crippen LogP contribution in [0.5, 0.6) is 0 Å². The maximum atomic E-state index is 12.1. The van der Waals surface area contributed by atoms with Crippen LogP contribution < -0.4 is 10.9 Å². The van der Waals surface area contributed by atoms with Crippen LogP contribution in [-0.4, -0.2) is 10.6 Å². The van der Waals surface area contributed by atoms with Crippen molar-refractivity contribution in [1.82, 2.24) is 9.88 Å². The first-order valence-corrected chi connectivity index (χ1v) is 8.09. The average molecular weight is 300 g/mol. The summed E-state index contributed by atoms with van der Waals surface area (Å²) in [4.78, 5) is 12.1. The second-order valence-electron chi connectivity index (χ2n) is 6.60. The van der Waals surface area contributed by atoms with Crippen molar-refractivity contribution in [2.24, 2.45) is 5.92 Å². The molecule has 0 saturated heterocycles. The summed E-state index contributed by atoms with van der Waals surface area (Å²) >= 11 is 0. The number of pyridine rings is 1.